The van der Waals surface area contributed by atoms with Gasteiger partial charge < -0.3 is 15.2 Å². The summed E-state index contributed by atoms with van der Waals surface area (Å²) in [6.07, 6.45) is 0. The lowest BCUT2D eigenvalue weighted by Crippen LogP contribution is -2.05. The highest BCUT2D eigenvalue weighted by molar-refractivity contribution is 5.93. The second-order valence-electron chi connectivity index (χ2n) is 4.11. The Morgan fingerprint density at radius 3 is 2.57 bits per heavy atom. The Bertz CT molecular complexity index is 738. The Balaban J connectivity index is 2.40. The summed E-state index contributed by atoms with van der Waals surface area (Å²) in [7, 11) is 1.22. The number of esters is 1. The Labute approximate surface area is 120 Å². The van der Waals surface area contributed by atoms with E-state index >= 15 is 0 Å². The average Bonchev–Trinajstić information content (AvgIpc) is 2.49. The Hall–Kier alpha value is -3.07. The molecule has 0 aliphatic carbocycles. The van der Waals surface area contributed by atoms with Gasteiger partial charge in [-0.05, 0) is 36.4 Å². The molecule has 0 aromatic heterocycles. The predicted octanol–water partition coefficient (Wildman–Crippen LogP) is 2.86. The highest BCUT2D eigenvalue weighted by Crippen LogP contribution is 2.29. The van der Waals surface area contributed by atoms with E-state index in [1.807, 2.05) is 6.07 Å². The van der Waals surface area contributed by atoms with E-state index in [0.29, 0.717) is 5.69 Å². The minimum Gasteiger partial charge on any atom is -0.465 e. The molecule has 0 saturated carbocycles. The van der Waals surface area contributed by atoms with Crippen molar-refractivity contribution < 1.29 is 18.7 Å². The number of nitrogen functional groups attached to an aromatic ring is 1. The van der Waals surface area contributed by atoms with Crippen molar-refractivity contribution in [3.8, 4) is 17.6 Å². The smallest absolute Gasteiger partial charge is 0.341 e. The molecule has 2 N–H and O–H groups in total. The van der Waals surface area contributed by atoms with Crippen molar-refractivity contribution in [3.63, 3.8) is 0 Å². The van der Waals surface area contributed by atoms with Crippen LogP contribution in [-0.4, -0.2) is 13.1 Å². The second kappa shape index (κ2) is 5.92. The van der Waals surface area contributed by atoms with Crippen LogP contribution < -0.4 is 10.5 Å². The second-order valence-corrected chi connectivity index (χ2v) is 4.11. The Kier molecular flexibility index (Phi) is 4.05. The summed E-state index contributed by atoms with van der Waals surface area (Å²) in [4.78, 5) is 11.7. The predicted molar refractivity (Wildman–Crippen MR) is 73.4 cm³/mol. The summed E-state index contributed by atoms with van der Waals surface area (Å²) < 4.78 is 23.8. The first kappa shape index (κ1) is 14.3. The molecule has 21 heavy (non-hydrogen) atoms. The number of nitriles is 1. The van der Waals surface area contributed by atoms with Gasteiger partial charge in [-0.2, -0.15) is 5.26 Å². The SMILES string of the molecule is COC(=O)c1cc(N)ccc1Oc1ccc(C#N)cc1F. The molecule has 2 rings (SSSR count). The van der Waals surface area contributed by atoms with E-state index in [0.717, 1.165) is 6.07 Å². The quantitative estimate of drug-likeness (QED) is 0.692. The summed E-state index contributed by atoms with van der Waals surface area (Å²) in [6, 6.07) is 9.92. The fraction of sp³-hybridized carbons (Fsp3) is 0.0667. The first-order chi connectivity index (χ1) is 10.0. The molecule has 0 aliphatic rings. The van der Waals surface area contributed by atoms with Crippen molar-refractivity contribution in [3.05, 3.63) is 53.3 Å². The van der Waals surface area contributed by atoms with Crippen LogP contribution >= 0.6 is 0 Å². The van der Waals surface area contributed by atoms with E-state index in [1.54, 1.807) is 0 Å². The van der Waals surface area contributed by atoms with E-state index in [1.165, 1.54) is 37.4 Å². The van der Waals surface area contributed by atoms with Gasteiger partial charge in [-0.1, -0.05) is 0 Å². The fourth-order valence-electron chi connectivity index (χ4n) is 1.68. The van der Waals surface area contributed by atoms with Crippen molar-refractivity contribution in [1.82, 2.24) is 0 Å². The van der Waals surface area contributed by atoms with Crippen LogP contribution in [0.5, 0.6) is 11.5 Å². The highest BCUT2D eigenvalue weighted by Gasteiger charge is 2.16. The molecule has 0 amide bonds. The minimum atomic E-state index is -0.707. The molecule has 0 spiro atoms. The van der Waals surface area contributed by atoms with E-state index < -0.39 is 11.8 Å². The fourth-order valence-corrected chi connectivity index (χ4v) is 1.68. The zero-order valence-corrected chi connectivity index (χ0v) is 11.1. The lowest BCUT2D eigenvalue weighted by Gasteiger charge is -2.11. The molecular formula is C15H11FN2O3. The lowest BCUT2D eigenvalue weighted by molar-refractivity contribution is 0.0598. The van der Waals surface area contributed by atoms with Crippen molar-refractivity contribution >= 4 is 11.7 Å². The molecule has 0 aliphatic heterocycles. The molecule has 0 atom stereocenters. The number of anilines is 1. The van der Waals surface area contributed by atoms with Gasteiger partial charge in [-0.15, -0.1) is 0 Å². The molecule has 0 bridgehead atoms. The van der Waals surface area contributed by atoms with Crippen LogP contribution in [0, 0.1) is 17.1 Å². The molecule has 2 aromatic carbocycles. The number of rotatable bonds is 3. The maximum atomic E-state index is 13.8. The molecule has 106 valence electrons. The normalized spacial score (nSPS) is 9.76. The molecule has 0 heterocycles. The van der Waals surface area contributed by atoms with Gasteiger partial charge in [0.2, 0.25) is 0 Å². The van der Waals surface area contributed by atoms with Gasteiger partial charge in [-0.25, -0.2) is 9.18 Å². The number of hydrogen-bond acceptors (Lipinski definition) is 5. The highest BCUT2D eigenvalue weighted by atomic mass is 19.1. The number of carbonyl (C=O) groups excluding carboxylic acids is 1. The van der Waals surface area contributed by atoms with Gasteiger partial charge in [0.25, 0.3) is 0 Å². The zero-order chi connectivity index (χ0) is 15.4. The number of benzene rings is 2. The largest absolute Gasteiger partial charge is 0.465 e. The maximum Gasteiger partial charge on any atom is 0.341 e. The molecule has 0 radical (unpaired) electrons. The van der Waals surface area contributed by atoms with Crippen LogP contribution in [0.15, 0.2) is 36.4 Å². The monoisotopic (exact) mass is 286 g/mol. The molecular weight excluding hydrogens is 275 g/mol. The van der Waals surface area contributed by atoms with Gasteiger partial charge in [0.05, 0.1) is 18.7 Å². The van der Waals surface area contributed by atoms with Gasteiger partial charge in [0.15, 0.2) is 11.6 Å². The number of carbonyl (C=O) groups is 1. The lowest BCUT2D eigenvalue weighted by atomic mass is 10.1. The molecule has 2 aromatic rings. The van der Waals surface area contributed by atoms with Gasteiger partial charge >= 0.3 is 5.97 Å². The van der Waals surface area contributed by atoms with E-state index in [-0.39, 0.29) is 22.6 Å². The van der Waals surface area contributed by atoms with Crippen LogP contribution in [0.3, 0.4) is 0 Å². The average molecular weight is 286 g/mol. The summed E-state index contributed by atoms with van der Waals surface area (Å²) >= 11 is 0. The van der Waals surface area contributed by atoms with Crippen LogP contribution in [0.2, 0.25) is 0 Å². The molecule has 0 unspecified atom stereocenters. The number of nitrogens with two attached hydrogens (primary N) is 1. The molecule has 0 fully saturated rings. The van der Waals surface area contributed by atoms with Crippen molar-refractivity contribution in [1.29, 1.82) is 5.26 Å². The third kappa shape index (κ3) is 3.09. The topological polar surface area (TPSA) is 85.3 Å². The minimum absolute atomic E-state index is 0.0845. The third-order valence-electron chi connectivity index (χ3n) is 2.69. The van der Waals surface area contributed by atoms with Crippen molar-refractivity contribution in [2.45, 2.75) is 0 Å². The zero-order valence-electron chi connectivity index (χ0n) is 11.1. The first-order valence-corrected chi connectivity index (χ1v) is 5.90. The summed E-state index contributed by atoms with van der Waals surface area (Å²) in [6.45, 7) is 0. The van der Waals surface area contributed by atoms with Crippen molar-refractivity contribution in [2.75, 3.05) is 12.8 Å². The number of halogens is 1. The summed E-state index contributed by atoms with van der Waals surface area (Å²) in [5.74, 6) is -1.35. The standard InChI is InChI=1S/C15H11FN2O3/c1-20-15(19)11-7-10(18)3-5-13(11)21-14-4-2-9(8-17)6-12(14)16/h2-7H,18H2,1H3. The van der Waals surface area contributed by atoms with Crippen LogP contribution in [0.1, 0.15) is 15.9 Å². The summed E-state index contributed by atoms with van der Waals surface area (Å²) in [5, 5.41) is 8.69. The van der Waals surface area contributed by atoms with Gasteiger partial charge in [0, 0.05) is 5.69 Å². The number of methoxy groups -OCH3 is 1. The van der Waals surface area contributed by atoms with Crippen LogP contribution in [-0.2, 0) is 4.74 Å². The van der Waals surface area contributed by atoms with Gasteiger partial charge in [-0.3, -0.25) is 0 Å². The van der Waals surface area contributed by atoms with Crippen LogP contribution in [0.25, 0.3) is 0 Å². The molecule has 5 nitrogen and oxygen atoms in total. The van der Waals surface area contributed by atoms with E-state index in [2.05, 4.69) is 4.74 Å². The van der Waals surface area contributed by atoms with E-state index in [4.69, 9.17) is 15.7 Å². The summed E-state index contributed by atoms with van der Waals surface area (Å²) in [5.41, 5.74) is 6.21. The van der Waals surface area contributed by atoms with Crippen LogP contribution in [0.4, 0.5) is 10.1 Å². The molecule has 0 saturated heterocycles. The Morgan fingerprint density at radius 1 is 1.24 bits per heavy atom. The van der Waals surface area contributed by atoms with E-state index in [9.17, 15) is 9.18 Å². The van der Waals surface area contributed by atoms with Gasteiger partial charge in [0.1, 0.15) is 11.3 Å². The third-order valence-corrected chi connectivity index (χ3v) is 2.69. The number of nitrogens with zero attached hydrogens (tertiary/aromatic N) is 1. The molecule has 6 heteroatoms. The first-order valence-electron chi connectivity index (χ1n) is 5.90. The van der Waals surface area contributed by atoms with Crippen molar-refractivity contribution in [2.24, 2.45) is 0 Å². The maximum absolute atomic E-state index is 13.8. The Morgan fingerprint density at radius 2 is 1.95 bits per heavy atom. The number of ether oxygens (including phenoxy) is 2. The number of hydrogen-bond donors (Lipinski definition) is 1.